The van der Waals surface area contributed by atoms with Crippen molar-refractivity contribution in [2.45, 2.75) is 26.2 Å². The molecule has 0 amide bonds. The van der Waals surface area contributed by atoms with Crippen molar-refractivity contribution < 1.29 is 42.7 Å². The third-order valence-corrected chi connectivity index (χ3v) is 3.76. The van der Waals surface area contributed by atoms with Crippen LogP contribution in [0.4, 0.5) is 0 Å². The van der Waals surface area contributed by atoms with Crippen molar-refractivity contribution in [3.05, 3.63) is 12.7 Å². The maximum atomic E-state index is 10.8. The number of esters is 1. The second-order valence-electron chi connectivity index (χ2n) is 6.37. The standard InChI is InChI=1S/C22H42O9/c1-3-5-6-7-24-8-9-25-10-11-26-12-13-27-14-15-28-16-17-29-18-19-30-20-21-31-22(23)4-2/h4H,2-3,5-21H2,1H3. The molecule has 0 N–H and O–H groups in total. The Labute approximate surface area is 187 Å². The highest BCUT2D eigenvalue weighted by molar-refractivity contribution is 5.81. The minimum absolute atomic E-state index is 0.210. The molecule has 9 heteroatoms. The fourth-order valence-corrected chi connectivity index (χ4v) is 2.14. The molecule has 0 aliphatic carbocycles. The Hall–Kier alpha value is -1.07. The van der Waals surface area contributed by atoms with Gasteiger partial charge in [0.25, 0.3) is 0 Å². The Morgan fingerprint density at radius 1 is 0.548 bits per heavy atom. The third kappa shape index (κ3) is 26.9. The molecule has 0 aliphatic rings. The number of hydrogen-bond acceptors (Lipinski definition) is 9. The molecular formula is C22H42O9. The highest BCUT2D eigenvalue weighted by Gasteiger charge is 1.96. The highest BCUT2D eigenvalue weighted by Crippen LogP contribution is 1.93. The maximum Gasteiger partial charge on any atom is 0.330 e. The van der Waals surface area contributed by atoms with E-state index in [1.54, 1.807) is 0 Å². The van der Waals surface area contributed by atoms with Gasteiger partial charge in [0, 0.05) is 12.7 Å². The second-order valence-corrected chi connectivity index (χ2v) is 6.37. The van der Waals surface area contributed by atoms with E-state index in [1.165, 1.54) is 12.8 Å². The van der Waals surface area contributed by atoms with Crippen molar-refractivity contribution in [2.75, 3.05) is 99.1 Å². The zero-order valence-electron chi connectivity index (χ0n) is 19.2. The zero-order valence-corrected chi connectivity index (χ0v) is 19.2. The summed E-state index contributed by atoms with van der Waals surface area (Å²) in [5.41, 5.74) is 0. The molecule has 0 fully saturated rings. The quantitative estimate of drug-likeness (QED) is 0.111. The molecule has 31 heavy (non-hydrogen) atoms. The molecular weight excluding hydrogens is 408 g/mol. The topological polar surface area (TPSA) is 90.9 Å². The van der Waals surface area contributed by atoms with Crippen molar-refractivity contribution in [3.63, 3.8) is 0 Å². The first-order valence-corrected chi connectivity index (χ1v) is 11.1. The lowest BCUT2D eigenvalue weighted by molar-refractivity contribution is -0.139. The number of rotatable bonds is 26. The van der Waals surface area contributed by atoms with Gasteiger partial charge < -0.3 is 37.9 Å². The largest absolute Gasteiger partial charge is 0.460 e. The summed E-state index contributed by atoms with van der Waals surface area (Å²) >= 11 is 0. The molecule has 0 aromatic carbocycles. The fraction of sp³-hybridized carbons (Fsp3) is 0.864. The van der Waals surface area contributed by atoms with Crippen LogP contribution in [0.1, 0.15) is 26.2 Å². The van der Waals surface area contributed by atoms with E-state index in [9.17, 15) is 4.79 Å². The number of carbonyl (C=O) groups is 1. The van der Waals surface area contributed by atoms with Crippen LogP contribution in [0.5, 0.6) is 0 Å². The van der Waals surface area contributed by atoms with Crippen molar-refractivity contribution in [1.29, 1.82) is 0 Å². The van der Waals surface area contributed by atoms with E-state index in [0.717, 1.165) is 19.1 Å². The van der Waals surface area contributed by atoms with E-state index < -0.39 is 5.97 Å². The van der Waals surface area contributed by atoms with Crippen molar-refractivity contribution in [2.24, 2.45) is 0 Å². The first-order valence-electron chi connectivity index (χ1n) is 11.1. The lowest BCUT2D eigenvalue weighted by atomic mass is 10.3. The lowest BCUT2D eigenvalue weighted by Crippen LogP contribution is -2.15. The molecule has 0 aromatic heterocycles. The molecule has 0 aliphatic heterocycles. The SMILES string of the molecule is C=CC(=O)OCCOCCOCCOCCOCCOCCOCCOCCCCC. The van der Waals surface area contributed by atoms with Gasteiger partial charge in [-0.2, -0.15) is 0 Å². The predicted octanol–water partition coefficient (Wildman–Crippen LogP) is 2.02. The minimum Gasteiger partial charge on any atom is -0.460 e. The van der Waals surface area contributed by atoms with Crippen molar-refractivity contribution in [3.8, 4) is 0 Å². The summed E-state index contributed by atoms with van der Waals surface area (Å²) in [6.07, 6.45) is 4.66. The summed E-state index contributed by atoms with van der Waals surface area (Å²) in [4.78, 5) is 10.8. The van der Waals surface area contributed by atoms with Crippen LogP contribution in [0.2, 0.25) is 0 Å². The normalized spacial score (nSPS) is 11.0. The van der Waals surface area contributed by atoms with Gasteiger partial charge in [-0.3, -0.25) is 0 Å². The minimum atomic E-state index is -0.451. The molecule has 0 aromatic rings. The fourth-order valence-electron chi connectivity index (χ4n) is 2.14. The van der Waals surface area contributed by atoms with E-state index in [1.807, 2.05) is 0 Å². The molecule has 0 spiro atoms. The summed E-state index contributed by atoms with van der Waals surface area (Å²) < 4.78 is 42.5. The number of ether oxygens (including phenoxy) is 8. The average Bonchev–Trinajstić information content (AvgIpc) is 2.78. The Balaban J connectivity index is 3.02. The summed E-state index contributed by atoms with van der Waals surface area (Å²) in [5, 5.41) is 0. The van der Waals surface area contributed by atoms with Crippen molar-refractivity contribution >= 4 is 5.97 Å². The highest BCUT2D eigenvalue weighted by atomic mass is 16.6. The van der Waals surface area contributed by atoms with Gasteiger partial charge in [0.1, 0.15) is 6.61 Å². The monoisotopic (exact) mass is 450 g/mol. The van der Waals surface area contributed by atoms with Crippen LogP contribution < -0.4 is 0 Å². The molecule has 9 nitrogen and oxygen atoms in total. The number of unbranched alkanes of at least 4 members (excludes halogenated alkanes) is 2. The van der Waals surface area contributed by atoms with Gasteiger partial charge >= 0.3 is 5.97 Å². The molecule has 0 unspecified atom stereocenters. The smallest absolute Gasteiger partial charge is 0.330 e. The maximum absolute atomic E-state index is 10.8. The molecule has 0 atom stereocenters. The van der Waals surface area contributed by atoms with E-state index in [2.05, 4.69) is 13.5 Å². The summed E-state index contributed by atoms with van der Waals surface area (Å²) in [6.45, 7) is 13.2. The van der Waals surface area contributed by atoms with Crippen LogP contribution in [0, 0.1) is 0 Å². The Bertz CT molecular complexity index is 380. The van der Waals surface area contributed by atoms with Crippen LogP contribution in [-0.4, -0.2) is 105 Å². The van der Waals surface area contributed by atoms with E-state index >= 15 is 0 Å². The molecule has 184 valence electrons. The van der Waals surface area contributed by atoms with Gasteiger partial charge in [-0.1, -0.05) is 26.3 Å². The molecule has 0 saturated carbocycles. The Morgan fingerprint density at radius 2 is 0.871 bits per heavy atom. The predicted molar refractivity (Wildman–Crippen MR) is 116 cm³/mol. The summed E-state index contributed by atoms with van der Waals surface area (Å²) in [5.74, 6) is -0.451. The van der Waals surface area contributed by atoms with Gasteiger partial charge in [-0.05, 0) is 6.42 Å². The van der Waals surface area contributed by atoms with Gasteiger partial charge in [0.2, 0.25) is 0 Å². The number of hydrogen-bond donors (Lipinski definition) is 0. The molecule has 0 bridgehead atoms. The second kappa shape index (κ2) is 27.0. The van der Waals surface area contributed by atoms with Crippen LogP contribution >= 0.6 is 0 Å². The Morgan fingerprint density at radius 3 is 1.19 bits per heavy atom. The van der Waals surface area contributed by atoms with E-state index in [4.69, 9.17) is 37.9 Å². The van der Waals surface area contributed by atoms with Crippen LogP contribution in [0.3, 0.4) is 0 Å². The van der Waals surface area contributed by atoms with Crippen LogP contribution in [-0.2, 0) is 42.7 Å². The molecule has 0 radical (unpaired) electrons. The Kier molecular flexibility index (Phi) is 26.0. The summed E-state index contributed by atoms with van der Waals surface area (Å²) in [7, 11) is 0. The van der Waals surface area contributed by atoms with Crippen LogP contribution in [0.15, 0.2) is 12.7 Å². The van der Waals surface area contributed by atoms with Gasteiger partial charge in [-0.25, -0.2) is 4.79 Å². The zero-order chi connectivity index (χ0) is 22.7. The first kappa shape index (κ1) is 29.9. The van der Waals surface area contributed by atoms with Gasteiger partial charge in [0.05, 0.1) is 85.9 Å². The first-order chi connectivity index (χ1) is 15.3. The van der Waals surface area contributed by atoms with Gasteiger partial charge in [0.15, 0.2) is 0 Å². The van der Waals surface area contributed by atoms with E-state index in [0.29, 0.717) is 85.9 Å². The third-order valence-electron chi connectivity index (χ3n) is 3.76. The number of carbonyl (C=O) groups excluding carboxylic acids is 1. The molecule has 0 saturated heterocycles. The van der Waals surface area contributed by atoms with Crippen molar-refractivity contribution in [1.82, 2.24) is 0 Å². The van der Waals surface area contributed by atoms with Gasteiger partial charge in [-0.15, -0.1) is 0 Å². The lowest BCUT2D eigenvalue weighted by Gasteiger charge is -2.08. The average molecular weight is 451 g/mol. The summed E-state index contributed by atoms with van der Waals surface area (Å²) in [6, 6.07) is 0. The van der Waals surface area contributed by atoms with Crippen LogP contribution in [0.25, 0.3) is 0 Å². The molecule has 0 heterocycles. The van der Waals surface area contributed by atoms with E-state index in [-0.39, 0.29) is 6.61 Å². The molecule has 0 rings (SSSR count).